The van der Waals surface area contributed by atoms with E-state index in [1.807, 2.05) is 30.6 Å². The summed E-state index contributed by atoms with van der Waals surface area (Å²) >= 11 is 1.55. The number of aryl methyl sites for hydroxylation is 2. The number of allylic oxidation sites excluding steroid dienone is 1. The lowest BCUT2D eigenvalue weighted by Gasteiger charge is -2.11. The standard InChI is InChI=1S/C18H24N6O2S2/c1-6-10-24-13(3)20-21-18(24)27-12-17-19-15-11-14(28(25,26)22(4)5)8-9-16(15)23(17)7-2/h6,8-9,11H,1,7,10,12H2,2-5H3. The van der Waals surface area contributed by atoms with E-state index < -0.39 is 10.0 Å². The molecule has 0 saturated carbocycles. The molecule has 0 N–H and O–H groups in total. The highest BCUT2D eigenvalue weighted by Crippen LogP contribution is 2.26. The van der Waals surface area contributed by atoms with E-state index in [4.69, 9.17) is 4.98 Å². The van der Waals surface area contributed by atoms with Gasteiger partial charge in [0.25, 0.3) is 0 Å². The van der Waals surface area contributed by atoms with Gasteiger partial charge in [-0.3, -0.25) is 0 Å². The smallest absolute Gasteiger partial charge is 0.242 e. The first-order valence-corrected chi connectivity index (χ1v) is 11.3. The summed E-state index contributed by atoms with van der Waals surface area (Å²) in [5, 5.41) is 9.17. The van der Waals surface area contributed by atoms with E-state index in [0.717, 1.165) is 28.9 Å². The number of hydrogen-bond acceptors (Lipinski definition) is 6. The van der Waals surface area contributed by atoms with Gasteiger partial charge in [0.05, 0.1) is 21.7 Å². The number of aromatic nitrogens is 5. The molecule has 0 aliphatic carbocycles. The Kier molecular flexibility index (Phi) is 5.92. The van der Waals surface area contributed by atoms with E-state index in [1.165, 1.54) is 18.4 Å². The van der Waals surface area contributed by atoms with Gasteiger partial charge in [-0.05, 0) is 32.0 Å². The largest absolute Gasteiger partial charge is 0.328 e. The third kappa shape index (κ3) is 3.71. The van der Waals surface area contributed by atoms with Crippen LogP contribution in [0.3, 0.4) is 0 Å². The predicted molar refractivity (Wildman–Crippen MR) is 111 cm³/mol. The molecule has 0 bridgehead atoms. The molecular formula is C18H24N6O2S2. The second-order valence-corrected chi connectivity index (χ2v) is 9.52. The second kappa shape index (κ2) is 8.06. The zero-order valence-corrected chi connectivity index (χ0v) is 18.1. The Morgan fingerprint density at radius 1 is 1.25 bits per heavy atom. The monoisotopic (exact) mass is 420 g/mol. The highest BCUT2D eigenvalue weighted by Gasteiger charge is 2.20. The van der Waals surface area contributed by atoms with E-state index in [0.29, 0.717) is 17.8 Å². The first-order chi connectivity index (χ1) is 13.3. The minimum absolute atomic E-state index is 0.242. The zero-order chi connectivity index (χ0) is 20.5. The van der Waals surface area contributed by atoms with Crippen LogP contribution in [0.5, 0.6) is 0 Å². The van der Waals surface area contributed by atoms with Crippen molar-refractivity contribution in [2.45, 2.75) is 42.7 Å². The molecule has 0 radical (unpaired) electrons. The van der Waals surface area contributed by atoms with Crippen molar-refractivity contribution < 1.29 is 8.42 Å². The van der Waals surface area contributed by atoms with E-state index in [2.05, 4.69) is 21.3 Å². The van der Waals surface area contributed by atoms with Crippen molar-refractivity contribution in [3.63, 3.8) is 0 Å². The van der Waals surface area contributed by atoms with Crippen LogP contribution < -0.4 is 0 Å². The Bertz CT molecular complexity index is 1110. The highest BCUT2D eigenvalue weighted by atomic mass is 32.2. The number of benzene rings is 1. The SMILES string of the molecule is C=CCn1c(C)nnc1SCc1nc2cc(S(=O)(=O)N(C)C)ccc2n1CC. The Balaban J connectivity index is 1.94. The van der Waals surface area contributed by atoms with Crippen LogP contribution in [0.2, 0.25) is 0 Å². The lowest BCUT2D eigenvalue weighted by Crippen LogP contribution is -2.22. The highest BCUT2D eigenvalue weighted by molar-refractivity contribution is 7.98. The predicted octanol–water partition coefficient (Wildman–Crippen LogP) is 2.68. The molecule has 0 aliphatic rings. The fourth-order valence-electron chi connectivity index (χ4n) is 2.93. The molecule has 1 aromatic carbocycles. The molecule has 0 fully saturated rings. The van der Waals surface area contributed by atoms with Gasteiger partial charge in [0.1, 0.15) is 11.6 Å². The van der Waals surface area contributed by atoms with Crippen molar-refractivity contribution in [3.05, 3.63) is 42.5 Å². The molecule has 2 heterocycles. The van der Waals surface area contributed by atoms with Crippen molar-refractivity contribution in [3.8, 4) is 0 Å². The van der Waals surface area contributed by atoms with Crippen molar-refractivity contribution >= 4 is 32.8 Å². The molecule has 0 saturated heterocycles. The molecule has 28 heavy (non-hydrogen) atoms. The molecule has 8 nitrogen and oxygen atoms in total. The average Bonchev–Trinajstić information content (AvgIpc) is 3.19. The third-order valence-corrected chi connectivity index (χ3v) is 7.21. The Hall–Kier alpha value is -2.17. The normalized spacial score (nSPS) is 12.2. The van der Waals surface area contributed by atoms with Crippen LogP contribution in [0.4, 0.5) is 0 Å². The van der Waals surface area contributed by atoms with Crippen molar-refractivity contribution in [1.29, 1.82) is 0 Å². The Morgan fingerprint density at radius 3 is 2.64 bits per heavy atom. The summed E-state index contributed by atoms with van der Waals surface area (Å²) in [6.45, 7) is 9.13. The lowest BCUT2D eigenvalue weighted by molar-refractivity contribution is 0.521. The number of imidazole rings is 1. The maximum Gasteiger partial charge on any atom is 0.242 e. The summed E-state index contributed by atoms with van der Waals surface area (Å²) in [4.78, 5) is 4.94. The van der Waals surface area contributed by atoms with Gasteiger partial charge in [-0.25, -0.2) is 17.7 Å². The third-order valence-electron chi connectivity index (χ3n) is 4.44. The van der Waals surface area contributed by atoms with Crippen LogP contribution in [0.25, 0.3) is 11.0 Å². The summed E-state index contributed by atoms with van der Waals surface area (Å²) in [5.74, 6) is 2.31. The second-order valence-electron chi connectivity index (χ2n) is 6.43. The summed E-state index contributed by atoms with van der Waals surface area (Å²) in [7, 11) is -0.452. The Morgan fingerprint density at radius 2 is 2.00 bits per heavy atom. The van der Waals surface area contributed by atoms with E-state index in [-0.39, 0.29) is 4.90 Å². The molecule has 0 aliphatic heterocycles. The minimum Gasteiger partial charge on any atom is -0.328 e. The number of fused-ring (bicyclic) bond motifs is 1. The summed E-state index contributed by atoms with van der Waals surface area (Å²) in [6.07, 6.45) is 1.81. The number of thioether (sulfide) groups is 1. The zero-order valence-electron chi connectivity index (χ0n) is 16.5. The van der Waals surface area contributed by atoms with E-state index in [9.17, 15) is 8.42 Å². The number of hydrogen-bond donors (Lipinski definition) is 0. The van der Waals surface area contributed by atoms with Gasteiger partial charge in [0.2, 0.25) is 10.0 Å². The molecular weight excluding hydrogens is 396 g/mol. The molecule has 150 valence electrons. The number of sulfonamides is 1. The summed E-state index contributed by atoms with van der Waals surface area (Å²) in [5.41, 5.74) is 1.59. The summed E-state index contributed by atoms with van der Waals surface area (Å²) in [6, 6.07) is 5.09. The Labute approximate surface area is 169 Å². The molecule has 0 unspecified atom stereocenters. The average molecular weight is 421 g/mol. The maximum absolute atomic E-state index is 12.4. The van der Waals surface area contributed by atoms with Gasteiger partial charge in [0.15, 0.2) is 5.16 Å². The molecule has 3 aromatic rings. The van der Waals surface area contributed by atoms with Crippen LogP contribution in [-0.2, 0) is 28.9 Å². The molecule has 0 amide bonds. The molecule has 2 aromatic heterocycles. The number of nitrogens with zero attached hydrogens (tertiary/aromatic N) is 6. The van der Waals surface area contributed by atoms with Gasteiger partial charge < -0.3 is 9.13 Å². The molecule has 3 rings (SSSR count). The van der Waals surface area contributed by atoms with Crippen LogP contribution in [0.15, 0.2) is 40.9 Å². The first kappa shape index (κ1) is 20.6. The topological polar surface area (TPSA) is 85.9 Å². The van der Waals surface area contributed by atoms with Crippen LogP contribution in [-0.4, -0.2) is 51.1 Å². The fraction of sp³-hybridized carbons (Fsp3) is 0.389. The first-order valence-electron chi connectivity index (χ1n) is 8.84. The van der Waals surface area contributed by atoms with Gasteiger partial charge in [0, 0.05) is 27.2 Å². The molecule has 0 spiro atoms. The van der Waals surface area contributed by atoms with Crippen molar-refractivity contribution in [1.82, 2.24) is 28.6 Å². The lowest BCUT2D eigenvalue weighted by atomic mass is 10.3. The van der Waals surface area contributed by atoms with E-state index >= 15 is 0 Å². The van der Waals surface area contributed by atoms with Crippen LogP contribution in [0.1, 0.15) is 18.6 Å². The minimum atomic E-state index is -3.50. The van der Waals surface area contributed by atoms with E-state index in [1.54, 1.807) is 23.9 Å². The van der Waals surface area contributed by atoms with Crippen molar-refractivity contribution in [2.24, 2.45) is 0 Å². The van der Waals surface area contributed by atoms with Gasteiger partial charge in [-0.2, -0.15) is 0 Å². The molecule has 10 heteroatoms. The van der Waals surface area contributed by atoms with Gasteiger partial charge >= 0.3 is 0 Å². The molecule has 0 atom stereocenters. The quantitative estimate of drug-likeness (QED) is 0.411. The van der Waals surface area contributed by atoms with Crippen LogP contribution >= 0.6 is 11.8 Å². The number of rotatable bonds is 8. The van der Waals surface area contributed by atoms with Gasteiger partial charge in [-0.1, -0.05) is 17.8 Å². The van der Waals surface area contributed by atoms with Crippen LogP contribution in [0, 0.1) is 6.92 Å². The summed E-state index contributed by atoms with van der Waals surface area (Å²) < 4.78 is 30.1. The van der Waals surface area contributed by atoms with Gasteiger partial charge in [-0.15, -0.1) is 16.8 Å². The maximum atomic E-state index is 12.4. The fourth-order valence-corrected chi connectivity index (χ4v) is 4.79. The van der Waals surface area contributed by atoms with Crippen molar-refractivity contribution in [2.75, 3.05) is 14.1 Å².